The van der Waals surface area contributed by atoms with Gasteiger partial charge in [-0.05, 0) is 32.4 Å². The molecule has 0 aliphatic rings. The largest absolute Gasteiger partial charge is 0.394 e. The Morgan fingerprint density at radius 3 is 2.71 bits per heavy atom. The maximum Gasteiger partial charge on any atom is 0.131 e. The predicted molar refractivity (Wildman–Crippen MR) is 72.6 cm³/mol. The lowest BCUT2D eigenvalue weighted by Gasteiger charge is -2.35. The third-order valence-corrected chi connectivity index (χ3v) is 2.93. The van der Waals surface area contributed by atoms with Gasteiger partial charge in [0, 0.05) is 13.6 Å². The molecule has 0 aliphatic carbocycles. The van der Waals surface area contributed by atoms with Crippen molar-refractivity contribution in [3.8, 4) is 0 Å². The highest BCUT2D eigenvalue weighted by molar-refractivity contribution is 5.48. The number of pyridine rings is 1. The van der Waals surface area contributed by atoms with Crippen molar-refractivity contribution in [2.24, 2.45) is 0 Å². The van der Waals surface area contributed by atoms with Crippen LogP contribution in [0.4, 0.5) is 11.6 Å². The minimum Gasteiger partial charge on any atom is -0.394 e. The molecule has 0 aliphatic heterocycles. The lowest BCUT2D eigenvalue weighted by atomic mass is 10.1. The molecule has 1 rings (SSSR count). The van der Waals surface area contributed by atoms with E-state index in [9.17, 15) is 5.11 Å². The van der Waals surface area contributed by atoms with Gasteiger partial charge in [-0.15, -0.1) is 0 Å². The number of nitrogens with one attached hydrogen (secondary N) is 1. The Kier molecular flexibility index (Phi) is 4.75. The van der Waals surface area contributed by atoms with Gasteiger partial charge < -0.3 is 15.3 Å². The first-order valence-corrected chi connectivity index (χ1v) is 6.07. The van der Waals surface area contributed by atoms with Gasteiger partial charge >= 0.3 is 0 Å². The van der Waals surface area contributed by atoms with Gasteiger partial charge in [-0.1, -0.05) is 13.0 Å². The molecule has 0 amide bonds. The standard InChI is InChI=1S/C13H23N3O/c1-5-9-14-11-7-6-8-12(15-11)16(4)13(2,3)10-17/h6-8,17H,5,9-10H2,1-4H3,(H,14,15). The summed E-state index contributed by atoms with van der Waals surface area (Å²) in [4.78, 5) is 6.52. The van der Waals surface area contributed by atoms with E-state index in [1.54, 1.807) is 0 Å². The van der Waals surface area contributed by atoms with E-state index in [2.05, 4.69) is 17.2 Å². The van der Waals surface area contributed by atoms with Crippen molar-refractivity contribution in [1.29, 1.82) is 0 Å². The van der Waals surface area contributed by atoms with Gasteiger partial charge in [0.2, 0.25) is 0 Å². The van der Waals surface area contributed by atoms with Crippen LogP contribution in [-0.2, 0) is 0 Å². The SMILES string of the molecule is CCCNc1cccc(N(C)C(C)(C)CO)n1. The highest BCUT2D eigenvalue weighted by Gasteiger charge is 2.23. The van der Waals surface area contributed by atoms with Crippen molar-refractivity contribution in [3.63, 3.8) is 0 Å². The average molecular weight is 237 g/mol. The van der Waals surface area contributed by atoms with Crippen LogP contribution in [0, 0.1) is 0 Å². The zero-order chi connectivity index (χ0) is 12.9. The topological polar surface area (TPSA) is 48.4 Å². The van der Waals surface area contributed by atoms with Crippen LogP contribution < -0.4 is 10.2 Å². The molecular formula is C13H23N3O. The van der Waals surface area contributed by atoms with E-state index in [4.69, 9.17) is 0 Å². The van der Waals surface area contributed by atoms with E-state index in [1.807, 2.05) is 44.0 Å². The second-order valence-electron chi connectivity index (χ2n) is 4.84. The molecule has 1 heterocycles. The minimum absolute atomic E-state index is 0.0950. The number of aliphatic hydroxyl groups excluding tert-OH is 1. The van der Waals surface area contributed by atoms with Gasteiger partial charge in [-0.25, -0.2) is 4.98 Å². The van der Waals surface area contributed by atoms with E-state index in [-0.39, 0.29) is 12.1 Å². The Bertz CT molecular complexity index is 352. The van der Waals surface area contributed by atoms with Gasteiger partial charge in [0.15, 0.2) is 0 Å². The number of rotatable bonds is 6. The van der Waals surface area contributed by atoms with Crippen LogP contribution in [0.25, 0.3) is 0 Å². The maximum atomic E-state index is 9.35. The van der Waals surface area contributed by atoms with Crippen LogP contribution in [0.5, 0.6) is 0 Å². The Labute approximate surface area is 104 Å². The second-order valence-corrected chi connectivity index (χ2v) is 4.84. The maximum absolute atomic E-state index is 9.35. The molecule has 0 saturated carbocycles. The molecule has 0 spiro atoms. The number of hydrogen-bond donors (Lipinski definition) is 2. The smallest absolute Gasteiger partial charge is 0.131 e. The van der Waals surface area contributed by atoms with Gasteiger partial charge in [-0.2, -0.15) is 0 Å². The summed E-state index contributed by atoms with van der Waals surface area (Å²) in [5, 5.41) is 12.6. The number of anilines is 2. The van der Waals surface area contributed by atoms with Gasteiger partial charge in [0.25, 0.3) is 0 Å². The summed E-state index contributed by atoms with van der Waals surface area (Å²) in [5.41, 5.74) is -0.309. The second kappa shape index (κ2) is 5.87. The lowest BCUT2D eigenvalue weighted by molar-refractivity contribution is 0.215. The average Bonchev–Trinajstić information content (AvgIpc) is 2.35. The number of aliphatic hydroxyl groups is 1. The fraction of sp³-hybridized carbons (Fsp3) is 0.615. The van der Waals surface area contributed by atoms with Crippen molar-refractivity contribution in [1.82, 2.24) is 4.98 Å². The number of likely N-dealkylation sites (N-methyl/N-ethyl adjacent to an activating group) is 1. The van der Waals surface area contributed by atoms with Crippen molar-refractivity contribution in [2.75, 3.05) is 30.4 Å². The molecule has 0 atom stereocenters. The summed E-state index contributed by atoms with van der Waals surface area (Å²) >= 11 is 0. The summed E-state index contributed by atoms with van der Waals surface area (Å²) in [6.45, 7) is 7.11. The number of hydrogen-bond acceptors (Lipinski definition) is 4. The van der Waals surface area contributed by atoms with Crippen molar-refractivity contribution in [3.05, 3.63) is 18.2 Å². The molecule has 4 heteroatoms. The van der Waals surface area contributed by atoms with Crippen LogP contribution in [0.15, 0.2) is 18.2 Å². The molecule has 0 unspecified atom stereocenters. The van der Waals surface area contributed by atoms with Crippen molar-refractivity contribution in [2.45, 2.75) is 32.7 Å². The van der Waals surface area contributed by atoms with E-state index in [1.165, 1.54) is 0 Å². The van der Waals surface area contributed by atoms with E-state index < -0.39 is 0 Å². The zero-order valence-corrected chi connectivity index (χ0v) is 11.2. The molecule has 96 valence electrons. The van der Waals surface area contributed by atoms with Crippen LogP contribution in [0.3, 0.4) is 0 Å². The Hall–Kier alpha value is -1.29. The van der Waals surface area contributed by atoms with Crippen LogP contribution in [0.1, 0.15) is 27.2 Å². The van der Waals surface area contributed by atoms with Gasteiger partial charge in [0.1, 0.15) is 11.6 Å². The third kappa shape index (κ3) is 3.60. The molecule has 0 aromatic carbocycles. The van der Waals surface area contributed by atoms with E-state index in [0.717, 1.165) is 24.6 Å². The number of aromatic nitrogens is 1. The van der Waals surface area contributed by atoms with Crippen molar-refractivity contribution >= 4 is 11.6 Å². The fourth-order valence-corrected chi connectivity index (χ4v) is 1.38. The highest BCUT2D eigenvalue weighted by atomic mass is 16.3. The Balaban J connectivity index is 2.84. The van der Waals surface area contributed by atoms with Gasteiger partial charge in [-0.3, -0.25) is 0 Å². The molecule has 17 heavy (non-hydrogen) atoms. The minimum atomic E-state index is -0.309. The summed E-state index contributed by atoms with van der Waals surface area (Å²) < 4.78 is 0. The van der Waals surface area contributed by atoms with E-state index in [0.29, 0.717) is 0 Å². The van der Waals surface area contributed by atoms with Crippen LogP contribution >= 0.6 is 0 Å². The number of nitrogens with zero attached hydrogens (tertiary/aromatic N) is 2. The molecular weight excluding hydrogens is 214 g/mol. The fourth-order valence-electron chi connectivity index (χ4n) is 1.38. The first kappa shape index (κ1) is 13.8. The van der Waals surface area contributed by atoms with E-state index >= 15 is 0 Å². The Morgan fingerprint density at radius 1 is 1.41 bits per heavy atom. The first-order valence-electron chi connectivity index (χ1n) is 6.07. The molecule has 2 N–H and O–H groups in total. The van der Waals surface area contributed by atoms with Gasteiger partial charge in [0.05, 0.1) is 12.1 Å². The molecule has 0 bridgehead atoms. The van der Waals surface area contributed by atoms with Crippen LogP contribution in [-0.4, -0.2) is 35.8 Å². The quantitative estimate of drug-likeness (QED) is 0.795. The summed E-state index contributed by atoms with van der Waals surface area (Å²) in [6.07, 6.45) is 1.07. The van der Waals surface area contributed by atoms with Crippen LogP contribution in [0.2, 0.25) is 0 Å². The molecule has 4 nitrogen and oxygen atoms in total. The molecule has 1 aromatic heterocycles. The molecule has 1 aromatic rings. The molecule has 0 saturated heterocycles. The normalized spacial score (nSPS) is 11.4. The highest BCUT2D eigenvalue weighted by Crippen LogP contribution is 2.21. The lowest BCUT2D eigenvalue weighted by Crippen LogP contribution is -2.44. The summed E-state index contributed by atoms with van der Waals surface area (Å²) in [5.74, 6) is 1.75. The summed E-state index contributed by atoms with van der Waals surface area (Å²) in [7, 11) is 1.95. The monoisotopic (exact) mass is 237 g/mol. The summed E-state index contributed by atoms with van der Waals surface area (Å²) in [6, 6.07) is 5.89. The zero-order valence-electron chi connectivity index (χ0n) is 11.2. The first-order chi connectivity index (χ1) is 8.01. The predicted octanol–water partition coefficient (Wildman–Crippen LogP) is 2.11. The molecule has 0 radical (unpaired) electrons. The third-order valence-electron chi connectivity index (χ3n) is 2.93. The molecule has 0 fully saturated rings. The van der Waals surface area contributed by atoms with Crippen molar-refractivity contribution < 1.29 is 5.11 Å². The Morgan fingerprint density at radius 2 is 2.12 bits per heavy atom.